The van der Waals surface area contributed by atoms with Crippen LogP contribution < -0.4 is 5.32 Å². The Morgan fingerprint density at radius 1 is 1.25 bits per heavy atom. The minimum absolute atomic E-state index is 0.0932. The van der Waals surface area contributed by atoms with Crippen LogP contribution in [0.5, 0.6) is 0 Å². The first kappa shape index (κ1) is 19.2. The summed E-state index contributed by atoms with van der Waals surface area (Å²) in [5, 5.41) is 7.99. The molecule has 0 atom stereocenters. The number of nitrogens with zero attached hydrogens (tertiary/aromatic N) is 3. The average molecular weight is 410 g/mol. The molecule has 0 aromatic carbocycles. The van der Waals surface area contributed by atoms with Crippen LogP contribution >= 0.6 is 11.8 Å². The summed E-state index contributed by atoms with van der Waals surface area (Å²) in [6.07, 6.45) is 3.35. The zero-order chi connectivity index (χ0) is 19.6. The Kier molecular flexibility index (Phi) is 5.52. The predicted octanol–water partition coefficient (Wildman–Crippen LogP) is 4.88. The number of ether oxygens (including phenoxy) is 1. The Labute approximate surface area is 165 Å². The van der Waals surface area contributed by atoms with Crippen molar-refractivity contribution >= 4 is 28.8 Å². The molecule has 0 unspecified atom stereocenters. The van der Waals surface area contributed by atoms with Crippen LogP contribution in [0.2, 0.25) is 0 Å². The molecule has 2 aromatic heterocycles. The number of hydrogen-bond acceptors (Lipinski definition) is 5. The van der Waals surface area contributed by atoms with Crippen LogP contribution in [0.4, 0.5) is 19.0 Å². The largest absolute Gasteiger partial charge is 0.572 e. The normalized spacial score (nSPS) is 18.7. The summed E-state index contributed by atoms with van der Waals surface area (Å²) < 4.78 is 43.4. The first-order valence-corrected chi connectivity index (χ1v) is 10.5. The molecular formula is C19H21F3N4OS. The highest BCUT2D eigenvalue weighted by molar-refractivity contribution is 7.99. The summed E-state index contributed by atoms with van der Waals surface area (Å²) in [6, 6.07) is 3.74. The van der Waals surface area contributed by atoms with Crippen LogP contribution in [-0.4, -0.2) is 39.0 Å². The van der Waals surface area contributed by atoms with E-state index in [0.29, 0.717) is 29.3 Å². The summed E-state index contributed by atoms with van der Waals surface area (Å²) in [6.45, 7) is 0.870. The minimum atomic E-state index is -4.68. The second kappa shape index (κ2) is 8.06. The monoisotopic (exact) mass is 410 g/mol. The van der Waals surface area contributed by atoms with E-state index >= 15 is 0 Å². The van der Waals surface area contributed by atoms with Gasteiger partial charge in [0.2, 0.25) is 0 Å². The quantitative estimate of drug-likeness (QED) is 0.761. The third-order valence-corrected chi connectivity index (χ3v) is 5.94. The number of hydrogen-bond donors (Lipinski definition) is 1. The zero-order valence-electron chi connectivity index (χ0n) is 15.2. The highest BCUT2D eigenvalue weighted by Gasteiger charge is 2.32. The molecule has 4 rings (SSSR count). The van der Waals surface area contributed by atoms with Gasteiger partial charge in [0.1, 0.15) is 11.6 Å². The van der Waals surface area contributed by atoms with Crippen molar-refractivity contribution in [2.75, 3.05) is 23.4 Å². The summed E-state index contributed by atoms with van der Waals surface area (Å²) in [5.41, 5.74) is 1.93. The minimum Gasteiger partial charge on any atom is -0.410 e. The lowest BCUT2D eigenvalue weighted by Gasteiger charge is -2.21. The van der Waals surface area contributed by atoms with Gasteiger partial charge in [-0.15, -0.1) is 18.3 Å². The number of allylic oxidation sites excluding steroid dienone is 4. The lowest BCUT2D eigenvalue weighted by Crippen LogP contribution is -2.20. The topological polar surface area (TPSA) is 51.5 Å². The number of halogens is 3. The van der Waals surface area contributed by atoms with Gasteiger partial charge in [-0.25, -0.2) is 9.50 Å². The average Bonchev–Trinajstić information content (AvgIpc) is 3.09. The van der Waals surface area contributed by atoms with Crippen molar-refractivity contribution in [3.63, 3.8) is 0 Å². The van der Waals surface area contributed by atoms with Crippen molar-refractivity contribution in [3.05, 3.63) is 41.9 Å². The van der Waals surface area contributed by atoms with E-state index in [1.807, 2.05) is 30.0 Å². The third-order valence-electron chi connectivity index (χ3n) is 4.89. The third kappa shape index (κ3) is 4.63. The van der Waals surface area contributed by atoms with Crippen molar-refractivity contribution in [2.24, 2.45) is 5.92 Å². The maximum Gasteiger partial charge on any atom is 0.572 e. The molecule has 1 N–H and O–H groups in total. The van der Waals surface area contributed by atoms with Gasteiger partial charge in [-0.3, -0.25) is 0 Å². The lowest BCUT2D eigenvalue weighted by atomic mass is 10.0. The molecule has 1 fully saturated rings. The molecule has 2 aliphatic rings. The number of rotatable bonds is 5. The summed E-state index contributed by atoms with van der Waals surface area (Å²) >= 11 is 2.00. The van der Waals surface area contributed by atoms with E-state index < -0.39 is 6.36 Å². The van der Waals surface area contributed by atoms with Crippen LogP contribution in [0.3, 0.4) is 0 Å². The van der Waals surface area contributed by atoms with E-state index in [9.17, 15) is 13.2 Å². The van der Waals surface area contributed by atoms with Crippen molar-refractivity contribution < 1.29 is 17.9 Å². The van der Waals surface area contributed by atoms with Crippen molar-refractivity contribution in [1.82, 2.24) is 14.6 Å². The van der Waals surface area contributed by atoms with E-state index in [4.69, 9.17) is 0 Å². The van der Waals surface area contributed by atoms with Crippen LogP contribution in [0.15, 0.2) is 36.2 Å². The number of alkyl halides is 3. The van der Waals surface area contributed by atoms with Crippen molar-refractivity contribution in [3.8, 4) is 0 Å². The van der Waals surface area contributed by atoms with E-state index in [0.717, 1.165) is 12.4 Å². The lowest BCUT2D eigenvalue weighted by molar-refractivity contribution is -0.306. The van der Waals surface area contributed by atoms with Crippen molar-refractivity contribution in [2.45, 2.75) is 32.0 Å². The molecule has 28 heavy (non-hydrogen) atoms. The molecule has 1 aliphatic heterocycles. The molecule has 1 aliphatic carbocycles. The highest BCUT2D eigenvalue weighted by Crippen LogP contribution is 2.31. The Balaban J connectivity index is 1.53. The fourth-order valence-corrected chi connectivity index (χ4v) is 4.65. The Morgan fingerprint density at radius 3 is 2.86 bits per heavy atom. The van der Waals surface area contributed by atoms with E-state index in [2.05, 4.69) is 20.1 Å². The highest BCUT2D eigenvalue weighted by atomic mass is 32.2. The van der Waals surface area contributed by atoms with Gasteiger partial charge >= 0.3 is 6.36 Å². The molecule has 0 radical (unpaired) electrons. The van der Waals surface area contributed by atoms with Crippen LogP contribution in [-0.2, 0) is 4.74 Å². The van der Waals surface area contributed by atoms with E-state index in [1.165, 1.54) is 30.4 Å². The molecule has 0 spiro atoms. The van der Waals surface area contributed by atoms with Gasteiger partial charge in [0.25, 0.3) is 0 Å². The predicted molar refractivity (Wildman–Crippen MR) is 104 cm³/mol. The Morgan fingerprint density at radius 2 is 2.07 bits per heavy atom. The number of aromatic nitrogens is 3. The standard InChI is InChI=1S/C19H21F3N4OS/c20-19(21,22)27-15-3-1-2-14(10-15)16-12-24-18-5-4-17(25-26(16)18)23-11-13-6-8-28-9-7-13/h2,4-5,10,12-13H,1,3,6-9,11H2,(H,23,25). The number of nitrogens with one attached hydrogen (secondary N) is 1. The number of imidazole rings is 1. The van der Waals surface area contributed by atoms with Gasteiger partial charge in [0.05, 0.1) is 11.9 Å². The smallest absolute Gasteiger partial charge is 0.410 e. The van der Waals surface area contributed by atoms with Gasteiger partial charge in [-0.2, -0.15) is 11.8 Å². The fraction of sp³-hybridized carbons (Fsp3) is 0.474. The fourth-order valence-electron chi connectivity index (χ4n) is 3.45. The van der Waals surface area contributed by atoms with Gasteiger partial charge in [0.15, 0.2) is 5.65 Å². The van der Waals surface area contributed by atoms with Crippen LogP contribution in [0.1, 0.15) is 31.4 Å². The molecule has 0 bridgehead atoms. The van der Waals surface area contributed by atoms with Gasteiger partial charge < -0.3 is 10.1 Å². The number of anilines is 1. The Hall–Kier alpha value is -2.16. The molecule has 150 valence electrons. The van der Waals surface area contributed by atoms with E-state index in [1.54, 1.807) is 10.7 Å². The summed E-state index contributed by atoms with van der Waals surface area (Å²) in [7, 11) is 0. The summed E-state index contributed by atoms with van der Waals surface area (Å²) in [5.74, 6) is 3.69. The second-order valence-corrected chi connectivity index (χ2v) is 8.15. The maximum absolute atomic E-state index is 12.5. The van der Waals surface area contributed by atoms with E-state index in [-0.39, 0.29) is 12.2 Å². The SMILES string of the molecule is FC(F)(F)OC1=CC(c2cnc3ccc(NCC4CCSCC4)nn23)=CCC1. The van der Waals surface area contributed by atoms with Crippen LogP contribution in [0, 0.1) is 5.92 Å². The van der Waals surface area contributed by atoms with Crippen molar-refractivity contribution in [1.29, 1.82) is 0 Å². The molecular weight excluding hydrogens is 389 g/mol. The van der Waals surface area contributed by atoms with Gasteiger partial charge in [0, 0.05) is 18.5 Å². The van der Waals surface area contributed by atoms with Crippen LogP contribution in [0.25, 0.3) is 11.2 Å². The Bertz CT molecular complexity index is 900. The molecule has 0 saturated carbocycles. The van der Waals surface area contributed by atoms with Gasteiger partial charge in [-0.1, -0.05) is 6.08 Å². The first-order chi connectivity index (χ1) is 13.5. The molecule has 1 saturated heterocycles. The van der Waals surface area contributed by atoms with Gasteiger partial charge in [-0.05, 0) is 54.9 Å². The molecule has 2 aromatic rings. The first-order valence-electron chi connectivity index (χ1n) is 9.31. The molecule has 9 heteroatoms. The second-order valence-electron chi connectivity index (χ2n) is 6.93. The molecule has 5 nitrogen and oxygen atoms in total. The summed E-state index contributed by atoms with van der Waals surface area (Å²) in [4.78, 5) is 4.32. The maximum atomic E-state index is 12.5. The number of thioether (sulfide) groups is 1. The number of fused-ring (bicyclic) bond motifs is 1. The molecule has 3 heterocycles. The zero-order valence-corrected chi connectivity index (χ0v) is 16.0. The molecule has 0 amide bonds.